The Morgan fingerprint density at radius 2 is 1.41 bits per heavy atom. The topological polar surface area (TPSA) is 86.7 Å². The number of fused-ring (bicyclic) bond motifs is 5. The number of aryl methyl sites for hydroxylation is 1. The molecular weight excluding hydrogens is 452 g/mol. The van der Waals surface area contributed by atoms with Crippen LogP contribution in [0.1, 0.15) is 22.3 Å². The number of esters is 2. The molecule has 34 heavy (non-hydrogen) atoms. The van der Waals surface area contributed by atoms with Gasteiger partial charge in [-0.1, -0.05) is 36.4 Å². The van der Waals surface area contributed by atoms with Gasteiger partial charge in [-0.2, -0.15) is 0 Å². The summed E-state index contributed by atoms with van der Waals surface area (Å²) in [4.78, 5) is 25.8. The molecule has 0 spiro atoms. The van der Waals surface area contributed by atoms with Gasteiger partial charge in [0, 0.05) is 6.42 Å². The fourth-order valence-corrected chi connectivity index (χ4v) is 6.61. The van der Waals surface area contributed by atoms with Gasteiger partial charge in [-0.25, -0.2) is 8.42 Å². The third kappa shape index (κ3) is 3.26. The van der Waals surface area contributed by atoms with Gasteiger partial charge >= 0.3 is 11.9 Å². The van der Waals surface area contributed by atoms with Gasteiger partial charge in [0.25, 0.3) is 0 Å². The molecule has 0 atom stereocenters. The van der Waals surface area contributed by atoms with Gasteiger partial charge in [0.2, 0.25) is 9.84 Å². The van der Waals surface area contributed by atoms with E-state index < -0.39 is 27.2 Å². The van der Waals surface area contributed by atoms with Crippen LogP contribution in [0, 0.1) is 5.41 Å². The van der Waals surface area contributed by atoms with Crippen LogP contribution in [0.15, 0.2) is 70.5 Å². The monoisotopic (exact) mass is 476 g/mol. The minimum atomic E-state index is -3.66. The zero-order valence-corrected chi connectivity index (χ0v) is 19.8. The number of hydrogen-bond acceptors (Lipinski definition) is 6. The fraction of sp³-hybridized carbons (Fsp3) is 0.259. The van der Waals surface area contributed by atoms with E-state index in [9.17, 15) is 18.0 Å². The molecule has 0 N–H and O–H groups in total. The second-order valence-corrected chi connectivity index (χ2v) is 10.7. The Kier molecular flexibility index (Phi) is 5.32. The quantitative estimate of drug-likeness (QED) is 0.421. The number of methoxy groups -OCH3 is 2. The van der Waals surface area contributed by atoms with E-state index in [1.54, 1.807) is 42.5 Å². The number of hydrogen-bond donors (Lipinski definition) is 0. The van der Waals surface area contributed by atoms with Gasteiger partial charge in [-0.3, -0.25) is 9.59 Å². The third-order valence-corrected chi connectivity index (χ3v) is 8.80. The molecule has 2 aliphatic carbocycles. The predicted octanol–water partition coefficient (Wildman–Crippen LogP) is 3.72. The lowest BCUT2D eigenvalue weighted by Crippen LogP contribution is -2.42. The van der Waals surface area contributed by atoms with Crippen molar-refractivity contribution in [2.24, 2.45) is 5.41 Å². The molecule has 0 saturated heterocycles. The van der Waals surface area contributed by atoms with E-state index in [0.717, 1.165) is 46.2 Å². The molecular formula is C27H24O6S. The number of benzene rings is 3. The summed E-state index contributed by atoms with van der Waals surface area (Å²) in [7, 11) is -1.11. The van der Waals surface area contributed by atoms with E-state index in [-0.39, 0.29) is 22.6 Å². The zero-order valence-electron chi connectivity index (χ0n) is 19.0. The number of rotatable bonds is 4. The van der Waals surface area contributed by atoms with E-state index in [1.165, 1.54) is 14.2 Å². The number of carbonyl (C=O) groups is 2. The zero-order chi connectivity index (χ0) is 24.1. The summed E-state index contributed by atoms with van der Waals surface area (Å²) in [6.45, 7) is 0. The molecule has 0 fully saturated rings. The summed E-state index contributed by atoms with van der Waals surface area (Å²) in [5, 5.41) is 0. The fourth-order valence-electron chi connectivity index (χ4n) is 5.30. The molecule has 0 saturated carbocycles. The van der Waals surface area contributed by atoms with Crippen molar-refractivity contribution in [3.8, 4) is 11.1 Å². The van der Waals surface area contributed by atoms with Crippen molar-refractivity contribution in [1.82, 2.24) is 0 Å². The van der Waals surface area contributed by atoms with E-state index in [4.69, 9.17) is 9.47 Å². The van der Waals surface area contributed by atoms with Gasteiger partial charge in [-0.15, -0.1) is 0 Å². The Morgan fingerprint density at radius 1 is 0.735 bits per heavy atom. The molecule has 0 bridgehead atoms. The molecule has 7 heteroatoms. The van der Waals surface area contributed by atoms with E-state index in [2.05, 4.69) is 0 Å². The van der Waals surface area contributed by atoms with Crippen molar-refractivity contribution < 1.29 is 27.5 Å². The third-order valence-electron chi connectivity index (χ3n) is 7.03. The summed E-state index contributed by atoms with van der Waals surface area (Å²) in [6, 6.07) is 17.6. The number of sulfone groups is 1. The minimum Gasteiger partial charge on any atom is -0.468 e. The van der Waals surface area contributed by atoms with E-state index in [1.807, 2.05) is 18.2 Å². The Balaban J connectivity index is 1.61. The Hall–Kier alpha value is -3.45. The first-order valence-electron chi connectivity index (χ1n) is 11.1. The average molecular weight is 477 g/mol. The van der Waals surface area contributed by atoms with Gasteiger partial charge < -0.3 is 9.47 Å². The first-order valence-corrected chi connectivity index (χ1v) is 12.5. The molecule has 0 unspecified atom stereocenters. The van der Waals surface area contributed by atoms with Gasteiger partial charge in [0.15, 0.2) is 5.41 Å². The van der Waals surface area contributed by atoms with Crippen LogP contribution in [0.3, 0.4) is 0 Å². The molecule has 0 heterocycles. The van der Waals surface area contributed by atoms with Crippen LogP contribution in [0.4, 0.5) is 0 Å². The first-order chi connectivity index (χ1) is 16.3. The van der Waals surface area contributed by atoms with Crippen molar-refractivity contribution in [2.45, 2.75) is 35.5 Å². The Labute approximate surface area is 198 Å². The smallest absolute Gasteiger partial charge is 0.323 e. The van der Waals surface area contributed by atoms with Gasteiger partial charge in [-0.05, 0) is 76.9 Å². The lowest BCUT2D eigenvalue weighted by atomic mass is 9.81. The lowest BCUT2D eigenvalue weighted by molar-refractivity contribution is -0.168. The molecule has 3 aromatic rings. The van der Waals surface area contributed by atoms with Crippen molar-refractivity contribution in [3.05, 3.63) is 82.9 Å². The summed E-state index contributed by atoms with van der Waals surface area (Å²) in [5.74, 6) is -1.20. The van der Waals surface area contributed by atoms with Gasteiger partial charge in [0.1, 0.15) is 0 Å². The SMILES string of the molecule is COC(=O)C1(C(=O)OC)Cc2ccc3c(c2C1)CCc1ccc(S(=O)(=O)c2ccccc2)cc1-3. The highest BCUT2D eigenvalue weighted by Crippen LogP contribution is 2.46. The minimum absolute atomic E-state index is 0.211. The van der Waals surface area contributed by atoms with E-state index >= 15 is 0 Å². The molecule has 2 aliphatic rings. The highest BCUT2D eigenvalue weighted by atomic mass is 32.2. The molecule has 0 radical (unpaired) electrons. The first kappa shape index (κ1) is 22.3. The van der Waals surface area contributed by atoms with Crippen LogP contribution in [-0.4, -0.2) is 34.6 Å². The van der Waals surface area contributed by atoms with Crippen LogP contribution in [0.2, 0.25) is 0 Å². The molecule has 0 amide bonds. The maximum Gasteiger partial charge on any atom is 0.323 e. The van der Waals surface area contributed by atoms with Crippen molar-refractivity contribution in [3.63, 3.8) is 0 Å². The van der Waals surface area contributed by atoms with Crippen LogP contribution in [0.25, 0.3) is 11.1 Å². The maximum absolute atomic E-state index is 13.2. The molecule has 174 valence electrons. The Bertz CT molecular complexity index is 1410. The normalized spacial score (nSPS) is 15.6. The van der Waals surface area contributed by atoms with Gasteiger partial charge in [0.05, 0.1) is 24.0 Å². The molecule has 6 nitrogen and oxygen atoms in total. The van der Waals surface area contributed by atoms with Crippen molar-refractivity contribution in [1.29, 1.82) is 0 Å². The number of carbonyl (C=O) groups excluding carboxylic acids is 2. The predicted molar refractivity (Wildman–Crippen MR) is 125 cm³/mol. The lowest BCUT2D eigenvalue weighted by Gasteiger charge is -2.24. The summed E-state index contributed by atoms with van der Waals surface area (Å²) in [6.07, 6.45) is 1.93. The summed E-state index contributed by atoms with van der Waals surface area (Å²) in [5.41, 5.74) is 4.42. The second-order valence-electron chi connectivity index (χ2n) is 8.78. The van der Waals surface area contributed by atoms with Crippen molar-refractivity contribution in [2.75, 3.05) is 14.2 Å². The highest BCUT2D eigenvalue weighted by molar-refractivity contribution is 7.91. The second kappa shape index (κ2) is 8.09. The van der Waals surface area contributed by atoms with E-state index in [0.29, 0.717) is 0 Å². The number of ether oxygens (including phenoxy) is 2. The average Bonchev–Trinajstić information content (AvgIpc) is 3.29. The van der Waals surface area contributed by atoms with Crippen LogP contribution < -0.4 is 0 Å². The molecule has 3 aromatic carbocycles. The molecule has 0 aromatic heterocycles. The summed E-state index contributed by atoms with van der Waals surface area (Å²) < 4.78 is 36.4. The standard InChI is InChI=1S/C27H24O6S/c1-32-25(28)27(26(29)33-2)15-18-10-13-21-22(24(18)16-27)12-9-17-8-11-20(14-23(17)21)34(30,31)19-6-4-3-5-7-19/h3-8,10-11,13-14H,9,12,15-16H2,1-2H3. The molecule has 5 rings (SSSR count). The van der Waals surface area contributed by atoms with Crippen LogP contribution in [-0.2, 0) is 54.6 Å². The van der Waals surface area contributed by atoms with Crippen LogP contribution >= 0.6 is 0 Å². The van der Waals surface area contributed by atoms with Crippen molar-refractivity contribution >= 4 is 21.8 Å². The summed E-state index contributed by atoms with van der Waals surface area (Å²) >= 11 is 0. The largest absolute Gasteiger partial charge is 0.468 e. The molecule has 0 aliphatic heterocycles. The Morgan fingerprint density at radius 3 is 2.09 bits per heavy atom. The highest BCUT2D eigenvalue weighted by Gasteiger charge is 2.53. The van der Waals surface area contributed by atoms with Crippen LogP contribution in [0.5, 0.6) is 0 Å². The maximum atomic E-state index is 13.2.